The van der Waals surface area contributed by atoms with Crippen molar-refractivity contribution in [3.05, 3.63) is 24.0 Å². The van der Waals surface area contributed by atoms with Crippen LogP contribution in [0.15, 0.2) is 18.3 Å². The minimum atomic E-state index is -2.93. The molecule has 1 spiro atoms. The summed E-state index contributed by atoms with van der Waals surface area (Å²) >= 11 is 0. The number of hydrogen-bond donors (Lipinski definition) is 1. The van der Waals surface area contributed by atoms with E-state index in [0.29, 0.717) is 51.3 Å². The van der Waals surface area contributed by atoms with E-state index in [1.807, 2.05) is 0 Å². The fourth-order valence-electron chi connectivity index (χ4n) is 3.75. The summed E-state index contributed by atoms with van der Waals surface area (Å²) < 4.78 is 34.4. The van der Waals surface area contributed by atoms with E-state index in [1.54, 1.807) is 23.2 Å². The van der Waals surface area contributed by atoms with Crippen LogP contribution in [0.1, 0.15) is 29.8 Å². The zero-order chi connectivity index (χ0) is 18.2. The first-order valence-corrected chi connectivity index (χ1v) is 10.8. The van der Waals surface area contributed by atoms with E-state index >= 15 is 0 Å². The molecule has 142 valence electrons. The summed E-state index contributed by atoms with van der Waals surface area (Å²) in [5.41, 5.74) is 1.12. The number of aromatic nitrogens is 1. The Morgan fingerprint density at radius 3 is 2.54 bits per heavy atom. The maximum absolute atomic E-state index is 12.6. The van der Waals surface area contributed by atoms with Gasteiger partial charge in [-0.15, -0.1) is 0 Å². The summed E-state index contributed by atoms with van der Waals surface area (Å²) in [4.78, 5) is 18.7. The lowest BCUT2D eigenvalue weighted by Gasteiger charge is -2.37. The molecule has 4 heterocycles. The molecule has 4 rings (SSSR count). The van der Waals surface area contributed by atoms with E-state index in [1.165, 1.54) is 0 Å². The topological polar surface area (TPSA) is 97.8 Å². The Morgan fingerprint density at radius 1 is 1.23 bits per heavy atom. The van der Waals surface area contributed by atoms with E-state index in [9.17, 15) is 13.2 Å². The molecular weight excluding hydrogens is 358 g/mol. The van der Waals surface area contributed by atoms with Crippen LogP contribution in [0.3, 0.4) is 0 Å². The van der Waals surface area contributed by atoms with Gasteiger partial charge in [0.05, 0.1) is 36.6 Å². The van der Waals surface area contributed by atoms with Crippen molar-refractivity contribution >= 4 is 21.4 Å². The quantitative estimate of drug-likeness (QED) is 0.821. The lowest BCUT2D eigenvalue weighted by atomic mass is 10.0. The fourth-order valence-corrected chi connectivity index (χ4v) is 5.42. The predicted molar refractivity (Wildman–Crippen MR) is 94.7 cm³/mol. The molecule has 1 unspecified atom stereocenters. The molecule has 1 N–H and O–H groups in total. The van der Waals surface area contributed by atoms with Gasteiger partial charge >= 0.3 is 0 Å². The zero-order valence-electron chi connectivity index (χ0n) is 14.5. The normalized spacial score (nSPS) is 26.9. The standard InChI is InChI=1S/C17H23N3O5S/c21-16(20-6-4-17(5-7-20)24-8-9-25-17)15-2-1-13(11-18-15)19-14-3-10-26(22,23)12-14/h1-2,11,14,19H,3-10,12H2. The van der Waals surface area contributed by atoms with Crippen LogP contribution >= 0.6 is 0 Å². The van der Waals surface area contributed by atoms with Gasteiger partial charge in [-0.3, -0.25) is 4.79 Å². The highest BCUT2D eigenvalue weighted by Gasteiger charge is 2.41. The molecule has 3 saturated heterocycles. The number of likely N-dealkylation sites (tertiary alicyclic amines) is 1. The second kappa shape index (κ2) is 6.79. The van der Waals surface area contributed by atoms with Gasteiger partial charge in [0.2, 0.25) is 0 Å². The molecule has 1 aromatic heterocycles. The largest absolute Gasteiger partial charge is 0.380 e. The average molecular weight is 381 g/mol. The van der Waals surface area contributed by atoms with Gasteiger partial charge < -0.3 is 19.7 Å². The SMILES string of the molecule is O=C(c1ccc(NC2CCS(=O)(=O)C2)cn1)N1CCC2(CC1)OCCO2. The molecule has 0 saturated carbocycles. The summed E-state index contributed by atoms with van der Waals surface area (Å²) in [6, 6.07) is 3.37. The third-order valence-corrected chi connectivity index (χ3v) is 6.98. The molecule has 1 aromatic rings. The van der Waals surface area contributed by atoms with Gasteiger partial charge in [0.15, 0.2) is 15.6 Å². The number of anilines is 1. The Kier molecular flexibility index (Phi) is 4.62. The van der Waals surface area contributed by atoms with Crippen LogP contribution in [0, 0.1) is 0 Å². The molecule has 0 aliphatic carbocycles. The van der Waals surface area contributed by atoms with Crippen molar-refractivity contribution in [2.45, 2.75) is 31.1 Å². The molecule has 1 amide bonds. The number of piperidine rings is 1. The Morgan fingerprint density at radius 2 is 1.96 bits per heavy atom. The fraction of sp³-hybridized carbons (Fsp3) is 0.647. The molecule has 0 aromatic carbocycles. The van der Waals surface area contributed by atoms with Crippen molar-refractivity contribution in [3.8, 4) is 0 Å². The summed E-state index contributed by atoms with van der Waals surface area (Å²) in [7, 11) is -2.93. The molecule has 8 nitrogen and oxygen atoms in total. The van der Waals surface area contributed by atoms with Gasteiger partial charge in [-0.25, -0.2) is 13.4 Å². The molecule has 3 aliphatic rings. The van der Waals surface area contributed by atoms with Crippen LogP contribution in [0.4, 0.5) is 5.69 Å². The second-order valence-electron chi connectivity index (χ2n) is 7.08. The number of pyridine rings is 1. The summed E-state index contributed by atoms with van der Waals surface area (Å²) in [5.74, 6) is -0.237. The number of amides is 1. The minimum absolute atomic E-state index is 0.0898. The highest BCUT2D eigenvalue weighted by atomic mass is 32.2. The first kappa shape index (κ1) is 17.7. The Bertz CT molecular complexity index is 764. The van der Waals surface area contributed by atoms with Gasteiger partial charge in [0.25, 0.3) is 5.91 Å². The number of nitrogens with zero attached hydrogens (tertiary/aromatic N) is 2. The second-order valence-corrected chi connectivity index (χ2v) is 9.30. The van der Waals surface area contributed by atoms with E-state index < -0.39 is 15.6 Å². The third kappa shape index (κ3) is 3.70. The van der Waals surface area contributed by atoms with E-state index in [2.05, 4.69) is 10.3 Å². The van der Waals surface area contributed by atoms with Crippen molar-refractivity contribution in [2.75, 3.05) is 43.1 Å². The van der Waals surface area contributed by atoms with Gasteiger partial charge in [0, 0.05) is 32.0 Å². The Labute approximate surface area is 152 Å². The molecule has 0 bridgehead atoms. The van der Waals surface area contributed by atoms with Crippen molar-refractivity contribution in [2.24, 2.45) is 0 Å². The smallest absolute Gasteiger partial charge is 0.272 e. The highest BCUT2D eigenvalue weighted by molar-refractivity contribution is 7.91. The zero-order valence-corrected chi connectivity index (χ0v) is 15.3. The molecular formula is C17H23N3O5S. The van der Waals surface area contributed by atoms with Crippen molar-refractivity contribution < 1.29 is 22.7 Å². The van der Waals surface area contributed by atoms with Gasteiger partial charge in [-0.1, -0.05) is 0 Å². The number of nitrogens with one attached hydrogen (secondary N) is 1. The first-order valence-electron chi connectivity index (χ1n) is 8.95. The van der Waals surface area contributed by atoms with Crippen molar-refractivity contribution in [1.82, 2.24) is 9.88 Å². The number of carbonyl (C=O) groups excluding carboxylic acids is 1. The molecule has 3 aliphatic heterocycles. The van der Waals surface area contributed by atoms with Crippen LogP contribution in [-0.4, -0.2) is 73.8 Å². The van der Waals surface area contributed by atoms with Crippen LogP contribution in [0.25, 0.3) is 0 Å². The molecule has 9 heteroatoms. The van der Waals surface area contributed by atoms with E-state index in [-0.39, 0.29) is 23.5 Å². The Balaban J connectivity index is 1.34. The van der Waals surface area contributed by atoms with E-state index in [4.69, 9.17) is 9.47 Å². The van der Waals surface area contributed by atoms with Crippen LogP contribution < -0.4 is 5.32 Å². The third-order valence-electron chi connectivity index (χ3n) is 5.21. The van der Waals surface area contributed by atoms with Gasteiger partial charge in [-0.2, -0.15) is 0 Å². The monoisotopic (exact) mass is 381 g/mol. The summed E-state index contributed by atoms with van der Waals surface area (Å²) in [6.45, 7) is 2.40. The maximum Gasteiger partial charge on any atom is 0.272 e. The number of rotatable bonds is 3. The number of carbonyl (C=O) groups is 1. The predicted octanol–water partition coefficient (Wildman–Crippen LogP) is 0.660. The lowest BCUT2D eigenvalue weighted by Crippen LogP contribution is -2.47. The highest BCUT2D eigenvalue weighted by Crippen LogP contribution is 2.31. The molecule has 1 atom stereocenters. The van der Waals surface area contributed by atoms with Crippen molar-refractivity contribution in [1.29, 1.82) is 0 Å². The minimum Gasteiger partial charge on any atom is -0.380 e. The number of ether oxygens (including phenoxy) is 2. The van der Waals surface area contributed by atoms with Crippen LogP contribution in [0.2, 0.25) is 0 Å². The van der Waals surface area contributed by atoms with Crippen LogP contribution in [0.5, 0.6) is 0 Å². The summed E-state index contributed by atoms with van der Waals surface area (Å²) in [6.07, 6.45) is 3.54. The van der Waals surface area contributed by atoms with Crippen molar-refractivity contribution in [3.63, 3.8) is 0 Å². The first-order chi connectivity index (χ1) is 12.4. The maximum atomic E-state index is 12.6. The summed E-state index contributed by atoms with van der Waals surface area (Å²) in [5, 5.41) is 3.18. The van der Waals surface area contributed by atoms with Crippen LogP contribution in [-0.2, 0) is 19.3 Å². The molecule has 0 radical (unpaired) electrons. The number of hydrogen-bond acceptors (Lipinski definition) is 7. The molecule has 26 heavy (non-hydrogen) atoms. The molecule has 3 fully saturated rings. The average Bonchev–Trinajstić information content (AvgIpc) is 3.22. The number of sulfone groups is 1. The lowest BCUT2D eigenvalue weighted by molar-refractivity contribution is -0.181. The Hall–Kier alpha value is -1.71. The van der Waals surface area contributed by atoms with E-state index in [0.717, 1.165) is 5.69 Å². The van der Waals surface area contributed by atoms with Gasteiger partial charge in [-0.05, 0) is 18.6 Å². The van der Waals surface area contributed by atoms with Gasteiger partial charge in [0.1, 0.15) is 5.69 Å².